The van der Waals surface area contributed by atoms with E-state index in [-0.39, 0.29) is 17.9 Å². The van der Waals surface area contributed by atoms with Crippen molar-refractivity contribution in [3.05, 3.63) is 33.4 Å². The molecule has 1 unspecified atom stereocenters. The number of aliphatic hydroxyl groups excluding tert-OH is 1. The maximum absolute atomic E-state index is 12.4. The lowest BCUT2D eigenvalue weighted by atomic mass is 10.1. The molecule has 0 heterocycles. The van der Waals surface area contributed by atoms with Crippen LogP contribution >= 0.6 is 0 Å². The Morgan fingerprint density at radius 3 is 2.38 bits per heavy atom. The third-order valence-corrected chi connectivity index (χ3v) is 4.90. The highest BCUT2D eigenvalue weighted by Crippen LogP contribution is 2.27. The van der Waals surface area contributed by atoms with Crippen LogP contribution in [0.2, 0.25) is 0 Å². The number of nitro benzene ring substituents is 1. The van der Waals surface area contributed by atoms with Gasteiger partial charge in [0.2, 0.25) is 10.0 Å². The van der Waals surface area contributed by atoms with Gasteiger partial charge in [0.05, 0.1) is 4.92 Å². The molecule has 0 amide bonds. The van der Waals surface area contributed by atoms with E-state index in [0.717, 1.165) is 0 Å². The van der Waals surface area contributed by atoms with Gasteiger partial charge in [-0.1, -0.05) is 6.92 Å². The second kappa shape index (κ2) is 6.97. The van der Waals surface area contributed by atoms with Crippen molar-refractivity contribution in [3.63, 3.8) is 0 Å². The van der Waals surface area contributed by atoms with E-state index in [0.29, 0.717) is 17.5 Å². The van der Waals surface area contributed by atoms with Crippen LogP contribution in [-0.2, 0) is 10.0 Å². The summed E-state index contributed by atoms with van der Waals surface area (Å²) in [5.41, 5.74) is 0.878. The molecule has 1 atom stereocenters. The van der Waals surface area contributed by atoms with Crippen molar-refractivity contribution in [1.29, 1.82) is 0 Å². The van der Waals surface area contributed by atoms with Crippen LogP contribution < -0.4 is 4.72 Å². The van der Waals surface area contributed by atoms with Crippen LogP contribution in [0.3, 0.4) is 0 Å². The number of benzene rings is 1. The lowest BCUT2D eigenvalue weighted by molar-refractivity contribution is -0.387. The zero-order chi connectivity index (χ0) is 16.2. The van der Waals surface area contributed by atoms with Gasteiger partial charge in [-0.15, -0.1) is 0 Å². The Bertz CT molecular complexity index is 628. The Hall–Kier alpha value is -1.51. The molecule has 21 heavy (non-hydrogen) atoms. The Morgan fingerprint density at radius 1 is 1.33 bits per heavy atom. The molecule has 0 aliphatic carbocycles. The number of nitrogens with one attached hydrogen (secondary N) is 1. The first-order valence-corrected chi connectivity index (χ1v) is 8.10. The fourth-order valence-electron chi connectivity index (χ4n) is 1.92. The molecule has 0 radical (unpaired) electrons. The normalized spacial score (nSPS) is 13.1. The van der Waals surface area contributed by atoms with E-state index < -0.39 is 26.7 Å². The third kappa shape index (κ3) is 4.23. The Labute approximate surface area is 124 Å². The van der Waals surface area contributed by atoms with E-state index in [2.05, 4.69) is 4.72 Å². The van der Waals surface area contributed by atoms with Crippen LogP contribution in [0.25, 0.3) is 0 Å². The summed E-state index contributed by atoms with van der Waals surface area (Å²) >= 11 is 0. The molecule has 0 saturated carbocycles. The molecule has 7 nitrogen and oxygen atoms in total. The average molecular weight is 316 g/mol. The van der Waals surface area contributed by atoms with Gasteiger partial charge in [0.1, 0.15) is 0 Å². The predicted molar refractivity (Wildman–Crippen MR) is 78.7 cm³/mol. The van der Waals surface area contributed by atoms with Gasteiger partial charge in [-0.2, -0.15) is 0 Å². The van der Waals surface area contributed by atoms with E-state index in [9.17, 15) is 18.5 Å². The highest BCUT2D eigenvalue weighted by molar-refractivity contribution is 7.89. The van der Waals surface area contributed by atoms with Gasteiger partial charge in [-0.3, -0.25) is 10.1 Å². The zero-order valence-electron chi connectivity index (χ0n) is 12.3. The van der Waals surface area contributed by atoms with Gasteiger partial charge in [-0.25, -0.2) is 13.1 Å². The number of aliphatic hydroxyl groups is 1. The number of rotatable bonds is 7. The topological polar surface area (TPSA) is 110 Å². The molecule has 0 aliphatic rings. The van der Waals surface area contributed by atoms with Crippen molar-refractivity contribution < 1.29 is 18.4 Å². The summed E-state index contributed by atoms with van der Waals surface area (Å²) in [6.45, 7) is 5.00. The van der Waals surface area contributed by atoms with E-state index in [1.807, 2.05) is 0 Å². The van der Waals surface area contributed by atoms with Gasteiger partial charge >= 0.3 is 0 Å². The van der Waals surface area contributed by atoms with Crippen molar-refractivity contribution >= 4 is 15.7 Å². The number of nitrogens with zero attached hydrogens (tertiary/aromatic N) is 1. The summed E-state index contributed by atoms with van der Waals surface area (Å²) in [5.74, 6) is 0. The summed E-state index contributed by atoms with van der Waals surface area (Å²) in [6, 6.07) is 2.11. The minimum atomic E-state index is -4.01. The number of nitro groups is 1. The number of aryl methyl sites for hydroxylation is 2. The van der Waals surface area contributed by atoms with Crippen LogP contribution in [0.15, 0.2) is 17.0 Å². The molecule has 8 heteroatoms. The van der Waals surface area contributed by atoms with Crippen molar-refractivity contribution in [2.75, 3.05) is 6.61 Å². The monoisotopic (exact) mass is 316 g/mol. The minimum absolute atomic E-state index is 0.157. The lowest BCUT2D eigenvalue weighted by Gasteiger charge is -2.16. The summed E-state index contributed by atoms with van der Waals surface area (Å²) in [4.78, 5) is 10.0. The number of sulfonamides is 1. The molecular weight excluding hydrogens is 296 g/mol. The van der Waals surface area contributed by atoms with Crippen LogP contribution in [0, 0.1) is 24.0 Å². The maximum atomic E-state index is 12.4. The maximum Gasteiger partial charge on any atom is 0.289 e. The van der Waals surface area contributed by atoms with Gasteiger partial charge < -0.3 is 5.11 Å². The first kappa shape index (κ1) is 17.5. The summed E-state index contributed by atoms with van der Waals surface area (Å²) in [7, 11) is -4.01. The van der Waals surface area contributed by atoms with Gasteiger partial charge in [0.25, 0.3) is 5.69 Å². The molecule has 0 aliphatic heterocycles. The lowest BCUT2D eigenvalue weighted by Crippen LogP contribution is -2.35. The number of hydrogen-bond donors (Lipinski definition) is 2. The molecule has 0 fully saturated rings. The average Bonchev–Trinajstić information content (AvgIpc) is 2.40. The highest BCUT2D eigenvalue weighted by atomic mass is 32.2. The SMILES string of the molecule is CCC(CCO)NS(=O)(=O)c1cc(C)c(C)cc1[N+](=O)[O-]. The van der Waals surface area contributed by atoms with Crippen molar-refractivity contribution in [2.24, 2.45) is 0 Å². The van der Waals surface area contributed by atoms with Crippen LogP contribution in [0.5, 0.6) is 0 Å². The van der Waals surface area contributed by atoms with Crippen molar-refractivity contribution in [3.8, 4) is 0 Å². The van der Waals surface area contributed by atoms with Crippen LogP contribution in [0.1, 0.15) is 30.9 Å². The Balaban J connectivity index is 3.30. The van der Waals surface area contributed by atoms with Gasteiger partial charge in [0.15, 0.2) is 4.90 Å². The quantitative estimate of drug-likeness (QED) is 0.587. The molecule has 0 saturated heterocycles. The molecule has 0 bridgehead atoms. The van der Waals surface area contributed by atoms with Crippen molar-refractivity contribution in [1.82, 2.24) is 4.72 Å². The van der Waals surface area contributed by atoms with E-state index in [1.54, 1.807) is 20.8 Å². The molecule has 2 N–H and O–H groups in total. The molecule has 1 aromatic rings. The summed E-state index contributed by atoms with van der Waals surface area (Å²) in [5, 5.41) is 20.0. The number of hydrogen-bond acceptors (Lipinski definition) is 5. The molecular formula is C13H20N2O5S. The van der Waals surface area contributed by atoms with Crippen LogP contribution in [-0.4, -0.2) is 31.1 Å². The largest absolute Gasteiger partial charge is 0.396 e. The minimum Gasteiger partial charge on any atom is -0.396 e. The summed E-state index contributed by atoms with van der Waals surface area (Å²) < 4.78 is 27.1. The van der Waals surface area contributed by atoms with E-state index in [4.69, 9.17) is 5.11 Å². The molecule has 118 valence electrons. The van der Waals surface area contributed by atoms with E-state index in [1.165, 1.54) is 12.1 Å². The highest BCUT2D eigenvalue weighted by Gasteiger charge is 2.28. The first-order chi connectivity index (χ1) is 9.72. The van der Waals surface area contributed by atoms with Gasteiger partial charge in [-0.05, 0) is 43.9 Å². The summed E-state index contributed by atoms with van der Waals surface area (Å²) in [6.07, 6.45) is 0.743. The molecule has 1 aromatic carbocycles. The van der Waals surface area contributed by atoms with E-state index >= 15 is 0 Å². The zero-order valence-corrected chi connectivity index (χ0v) is 13.1. The fourth-order valence-corrected chi connectivity index (χ4v) is 3.51. The molecule has 0 spiro atoms. The third-order valence-electron chi connectivity index (χ3n) is 3.35. The fraction of sp³-hybridized carbons (Fsp3) is 0.538. The molecule has 0 aromatic heterocycles. The molecule has 1 rings (SSSR count). The Morgan fingerprint density at radius 2 is 1.90 bits per heavy atom. The smallest absolute Gasteiger partial charge is 0.289 e. The Kier molecular flexibility index (Phi) is 5.82. The second-order valence-electron chi connectivity index (χ2n) is 4.90. The first-order valence-electron chi connectivity index (χ1n) is 6.61. The second-order valence-corrected chi connectivity index (χ2v) is 6.58. The van der Waals surface area contributed by atoms with Crippen LogP contribution in [0.4, 0.5) is 5.69 Å². The van der Waals surface area contributed by atoms with Crippen molar-refractivity contribution in [2.45, 2.75) is 44.6 Å². The van der Waals surface area contributed by atoms with Gasteiger partial charge in [0, 0.05) is 18.7 Å². The standard InChI is InChI=1S/C13H20N2O5S/c1-4-11(5-6-16)14-21(19,20)13-8-10(3)9(2)7-12(13)15(17)18/h7-8,11,14,16H,4-6H2,1-3H3. The predicted octanol–water partition coefficient (Wildman–Crippen LogP) is 1.65.